The van der Waals surface area contributed by atoms with Crippen LogP contribution in [0.5, 0.6) is 0 Å². The maximum absolute atomic E-state index is 3.47. The topological polar surface area (TPSA) is 24.1 Å². The van der Waals surface area contributed by atoms with E-state index in [9.17, 15) is 0 Å². The second kappa shape index (κ2) is 4.82. The van der Waals surface area contributed by atoms with Crippen molar-refractivity contribution >= 4 is 23.7 Å². The van der Waals surface area contributed by atoms with E-state index in [0.717, 1.165) is 19.6 Å². The molecule has 0 spiro atoms. The van der Waals surface area contributed by atoms with Crippen molar-refractivity contribution in [1.82, 2.24) is 10.6 Å². The largest absolute Gasteiger partial charge is 0.314 e. The van der Waals surface area contributed by atoms with E-state index in [1.165, 1.54) is 5.56 Å². The van der Waals surface area contributed by atoms with E-state index in [-0.39, 0.29) is 12.4 Å². The molecule has 12 heavy (non-hydrogen) atoms. The third kappa shape index (κ3) is 2.20. The van der Waals surface area contributed by atoms with Crippen LogP contribution in [0.4, 0.5) is 0 Å². The number of halogens is 1. The van der Waals surface area contributed by atoms with Crippen molar-refractivity contribution < 1.29 is 0 Å². The molecule has 1 aliphatic rings. The number of piperazine rings is 1. The number of thiophene rings is 1. The fraction of sp³-hybridized carbons (Fsp3) is 0.500. The van der Waals surface area contributed by atoms with Gasteiger partial charge in [0.2, 0.25) is 0 Å². The van der Waals surface area contributed by atoms with Crippen molar-refractivity contribution in [3.8, 4) is 0 Å². The van der Waals surface area contributed by atoms with Crippen molar-refractivity contribution in [3.05, 3.63) is 22.4 Å². The van der Waals surface area contributed by atoms with Crippen LogP contribution in [0.2, 0.25) is 0 Å². The molecule has 2 rings (SSSR count). The predicted octanol–water partition coefficient (Wildman–Crippen LogP) is 1.40. The van der Waals surface area contributed by atoms with Crippen LogP contribution in [-0.4, -0.2) is 19.6 Å². The molecule has 0 amide bonds. The zero-order chi connectivity index (χ0) is 7.52. The average Bonchev–Trinajstić information content (AvgIpc) is 2.58. The van der Waals surface area contributed by atoms with E-state index in [2.05, 4.69) is 27.5 Å². The molecule has 1 aliphatic heterocycles. The van der Waals surface area contributed by atoms with Crippen LogP contribution in [0.25, 0.3) is 0 Å². The van der Waals surface area contributed by atoms with Crippen LogP contribution < -0.4 is 10.6 Å². The Morgan fingerprint density at radius 1 is 1.42 bits per heavy atom. The summed E-state index contributed by atoms with van der Waals surface area (Å²) in [6.45, 7) is 3.25. The van der Waals surface area contributed by atoms with Gasteiger partial charge in [-0.1, -0.05) is 0 Å². The van der Waals surface area contributed by atoms with E-state index in [0.29, 0.717) is 6.04 Å². The van der Waals surface area contributed by atoms with Gasteiger partial charge >= 0.3 is 0 Å². The summed E-state index contributed by atoms with van der Waals surface area (Å²) < 4.78 is 0. The normalized spacial score (nSPS) is 23.2. The lowest BCUT2D eigenvalue weighted by atomic mass is 10.1. The van der Waals surface area contributed by atoms with Gasteiger partial charge in [-0.05, 0) is 22.4 Å². The molecule has 0 aromatic carbocycles. The third-order valence-electron chi connectivity index (χ3n) is 1.99. The van der Waals surface area contributed by atoms with Crippen LogP contribution in [0.3, 0.4) is 0 Å². The van der Waals surface area contributed by atoms with E-state index < -0.39 is 0 Å². The Morgan fingerprint density at radius 2 is 2.33 bits per heavy atom. The first-order valence-electron chi connectivity index (χ1n) is 3.93. The van der Waals surface area contributed by atoms with Crippen LogP contribution in [0.15, 0.2) is 16.8 Å². The van der Waals surface area contributed by atoms with Crippen molar-refractivity contribution in [3.63, 3.8) is 0 Å². The molecular weight excluding hydrogens is 192 g/mol. The first-order chi connectivity index (χ1) is 5.47. The molecule has 2 heterocycles. The zero-order valence-corrected chi connectivity index (χ0v) is 8.38. The summed E-state index contributed by atoms with van der Waals surface area (Å²) in [5.41, 5.74) is 1.42. The Balaban J connectivity index is 0.000000720. The maximum Gasteiger partial charge on any atom is 0.0455 e. The van der Waals surface area contributed by atoms with Gasteiger partial charge in [0.25, 0.3) is 0 Å². The smallest absolute Gasteiger partial charge is 0.0455 e. The molecule has 0 radical (unpaired) electrons. The maximum atomic E-state index is 3.47. The molecule has 2 N–H and O–H groups in total. The fourth-order valence-corrected chi connectivity index (χ4v) is 2.08. The molecule has 68 valence electrons. The number of hydrogen-bond donors (Lipinski definition) is 2. The minimum Gasteiger partial charge on any atom is -0.314 e. The molecular formula is C8H13ClN2S. The quantitative estimate of drug-likeness (QED) is 0.723. The van der Waals surface area contributed by atoms with Gasteiger partial charge in [0.05, 0.1) is 0 Å². The fourth-order valence-electron chi connectivity index (χ4n) is 1.36. The molecule has 1 atom stereocenters. The van der Waals surface area contributed by atoms with Crippen LogP contribution >= 0.6 is 23.7 Å². The Morgan fingerprint density at radius 3 is 2.92 bits per heavy atom. The van der Waals surface area contributed by atoms with E-state index >= 15 is 0 Å². The Hall–Kier alpha value is -0.0900. The van der Waals surface area contributed by atoms with Crippen LogP contribution in [-0.2, 0) is 0 Å². The van der Waals surface area contributed by atoms with Crippen molar-refractivity contribution in [1.29, 1.82) is 0 Å². The van der Waals surface area contributed by atoms with Crippen molar-refractivity contribution in [2.75, 3.05) is 19.6 Å². The van der Waals surface area contributed by atoms with Crippen molar-refractivity contribution in [2.45, 2.75) is 6.04 Å². The van der Waals surface area contributed by atoms with Gasteiger partial charge in [0, 0.05) is 25.7 Å². The Labute approximate surface area is 82.8 Å². The monoisotopic (exact) mass is 204 g/mol. The SMILES string of the molecule is Cl.c1cc([C@@H]2CNCCN2)cs1. The van der Waals surface area contributed by atoms with Crippen LogP contribution in [0, 0.1) is 0 Å². The second-order valence-corrected chi connectivity index (χ2v) is 3.55. The summed E-state index contributed by atoms with van der Waals surface area (Å²) in [6.07, 6.45) is 0. The molecule has 0 bridgehead atoms. The molecule has 1 saturated heterocycles. The minimum atomic E-state index is 0. The molecule has 0 unspecified atom stereocenters. The molecule has 4 heteroatoms. The van der Waals surface area contributed by atoms with Gasteiger partial charge in [-0.25, -0.2) is 0 Å². The highest BCUT2D eigenvalue weighted by Gasteiger charge is 2.13. The molecule has 0 saturated carbocycles. The van der Waals surface area contributed by atoms with Crippen molar-refractivity contribution in [2.24, 2.45) is 0 Å². The molecule has 1 aromatic rings. The highest BCUT2D eigenvalue weighted by Crippen LogP contribution is 2.16. The number of hydrogen-bond acceptors (Lipinski definition) is 3. The third-order valence-corrected chi connectivity index (χ3v) is 2.69. The summed E-state index contributed by atoms with van der Waals surface area (Å²) >= 11 is 1.77. The summed E-state index contributed by atoms with van der Waals surface area (Å²) in [5, 5.41) is 11.2. The Kier molecular flexibility index (Phi) is 4.01. The van der Waals surface area contributed by atoms with E-state index in [1.54, 1.807) is 11.3 Å². The molecule has 1 aromatic heterocycles. The summed E-state index contributed by atoms with van der Waals surface area (Å²) in [7, 11) is 0. The zero-order valence-electron chi connectivity index (χ0n) is 6.75. The predicted molar refractivity (Wildman–Crippen MR) is 55.2 cm³/mol. The molecule has 1 fully saturated rings. The van der Waals surface area contributed by atoms with Gasteiger partial charge in [0.1, 0.15) is 0 Å². The summed E-state index contributed by atoms with van der Waals surface area (Å²) in [5.74, 6) is 0. The standard InChI is InChI=1S/C8H12N2S.ClH/c1-4-11-6-7(1)8-5-9-2-3-10-8;/h1,4,6,8-10H,2-3,5H2;1H/t8-;/m0./s1. The summed E-state index contributed by atoms with van der Waals surface area (Å²) in [4.78, 5) is 0. The lowest BCUT2D eigenvalue weighted by molar-refractivity contribution is 0.431. The first-order valence-corrected chi connectivity index (χ1v) is 4.87. The van der Waals surface area contributed by atoms with Gasteiger partial charge in [-0.3, -0.25) is 0 Å². The highest BCUT2D eigenvalue weighted by molar-refractivity contribution is 7.07. The molecule has 2 nitrogen and oxygen atoms in total. The van der Waals surface area contributed by atoms with Gasteiger partial charge in [0.15, 0.2) is 0 Å². The lowest BCUT2D eigenvalue weighted by Crippen LogP contribution is -2.42. The van der Waals surface area contributed by atoms with Gasteiger partial charge in [-0.2, -0.15) is 11.3 Å². The van der Waals surface area contributed by atoms with Gasteiger partial charge in [-0.15, -0.1) is 12.4 Å². The first kappa shape index (κ1) is 9.99. The average molecular weight is 205 g/mol. The van der Waals surface area contributed by atoms with E-state index in [4.69, 9.17) is 0 Å². The highest BCUT2D eigenvalue weighted by atomic mass is 35.5. The molecule has 0 aliphatic carbocycles. The lowest BCUT2D eigenvalue weighted by Gasteiger charge is -2.23. The van der Waals surface area contributed by atoms with Gasteiger partial charge < -0.3 is 10.6 Å². The van der Waals surface area contributed by atoms with Crippen LogP contribution in [0.1, 0.15) is 11.6 Å². The van der Waals surface area contributed by atoms with E-state index in [1.807, 2.05) is 0 Å². The second-order valence-electron chi connectivity index (χ2n) is 2.77. The number of rotatable bonds is 1. The Bertz CT molecular complexity index is 207. The number of nitrogens with one attached hydrogen (secondary N) is 2. The minimum absolute atomic E-state index is 0. The summed E-state index contributed by atoms with van der Waals surface area (Å²) in [6, 6.07) is 2.73.